The second-order valence-corrected chi connectivity index (χ2v) is 7.92. The summed E-state index contributed by atoms with van der Waals surface area (Å²) in [5.41, 5.74) is 1.95. The zero-order chi connectivity index (χ0) is 22.4. The lowest BCUT2D eigenvalue weighted by Crippen LogP contribution is -2.53. The van der Waals surface area contributed by atoms with Crippen molar-refractivity contribution in [1.29, 1.82) is 0 Å². The molecule has 32 heavy (non-hydrogen) atoms. The second kappa shape index (κ2) is 7.80. The van der Waals surface area contributed by atoms with Gasteiger partial charge in [-0.1, -0.05) is 24.3 Å². The van der Waals surface area contributed by atoms with Crippen molar-refractivity contribution in [3.63, 3.8) is 0 Å². The standard InChI is InChI=1S/C24H19F2N3O3/c25-17-4-2-5-18(26)16(17)12-27-11-13-7-8-15-22-14(13)3-1-6-19(22)29(24(15)32)20-9-10-21(30)28-23(20)31/h1-8,20,27H,9-12H2,(H,28,30,31). The molecule has 3 aromatic carbocycles. The minimum atomic E-state index is -0.746. The van der Waals surface area contributed by atoms with Crippen LogP contribution in [0, 0.1) is 11.6 Å². The molecule has 0 aliphatic carbocycles. The summed E-state index contributed by atoms with van der Waals surface area (Å²) in [6.07, 6.45) is 0.442. The van der Waals surface area contributed by atoms with Gasteiger partial charge in [-0.3, -0.25) is 24.6 Å². The fraction of sp³-hybridized carbons (Fsp3) is 0.208. The van der Waals surface area contributed by atoms with Gasteiger partial charge in [-0.15, -0.1) is 0 Å². The average Bonchev–Trinajstić information content (AvgIpc) is 3.05. The topological polar surface area (TPSA) is 78.5 Å². The van der Waals surface area contributed by atoms with Crippen molar-refractivity contribution in [2.45, 2.75) is 32.0 Å². The van der Waals surface area contributed by atoms with Gasteiger partial charge >= 0.3 is 0 Å². The van der Waals surface area contributed by atoms with Crippen LogP contribution in [0.3, 0.4) is 0 Å². The summed E-state index contributed by atoms with van der Waals surface area (Å²) in [6.45, 7) is 0.351. The lowest BCUT2D eigenvalue weighted by Gasteiger charge is -2.30. The molecule has 0 aromatic heterocycles. The first-order valence-corrected chi connectivity index (χ1v) is 10.3. The van der Waals surface area contributed by atoms with E-state index in [2.05, 4.69) is 10.6 Å². The Kier molecular flexibility index (Phi) is 4.94. The van der Waals surface area contributed by atoms with Crippen LogP contribution >= 0.6 is 0 Å². The number of halogens is 2. The van der Waals surface area contributed by atoms with E-state index in [0.717, 1.165) is 16.3 Å². The highest BCUT2D eigenvalue weighted by Crippen LogP contribution is 2.40. The predicted molar refractivity (Wildman–Crippen MR) is 114 cm³/mol. The lowest BCUT2D eigenvalue weighted by molar-refractivity contribution is -0.134. The molecule has 0 radical (unpaired) electrons. The van der Waals surface area contributed by atoms with Gasteiger partial charge in [0.1, 0.15) is 17.7 Å². The van der Waals surface area contributed by atoms with Crippen molar-refractivity contribution < 1.29 is 23.2 Å². The zero-order valence-electron chi connectivity index (χ0n) is 17.0. The molecule has 1 fully saturated rings. The van der Waals surface area contributed by atoms with Gasteiger partial charge in [-0.05, 0) is 41.6 Å². The molecule has 2 N–H and O–H groups in total. The Morgan fingerprint density at radius 3 is 2.47 bits per heavy atom. The van der Waals surface area contributed by atoms with E-state index in [1.807, 2.05) is 6.07 Å². The van der Waals surface area contributed by atoms with Crippen molar-refractivity contribution in [3.05, 3.63) is 76.9 Å². The molecule has 6 nitrogen and oxygen atoms in total. The van der Waals surface area contributed by atoms with Gasteiger partial charge in [-0.25, -0.2) is 8.78 Å². The van der Waals surface area contributed by atoms with Crippen LogP contribution in [-0.2, 0) is 22.7 Å². The maximum atomic E-state index is 13.9. The quantitative estimate of drug-likeness (QED) is 0.604. The third-order valence-electron chi connectivity index (χ3n) is 6.02. The van der Waals surface area contributed by atoms with Crippen LogP contribution in [0.15, 0.2) is 48.5 Å². The van der Waals surface area contributed by atoms with E-state index < -0.39 is 23.6 Å². The number of hydrogen-bond donors (Lipinski definition) is 2. The fourth-order valence-electron chi connectivity index (χ4n) is 4.48. The lowest BCUT2D eigenvalue weighted by atomic mass is 10.00. The molecular formula is C24H19F2N3O3. The maximum absolute atomic E-state index is 13.9. The molecule has 3 amide bonds. The first kappa shape index (κ1) is 20.3. The minimum Gasteiger partial charge on any atom is -0.308 e. The summed E-state index contributed by atoms with van der Waals surface area (Å²) in [4.78, 5) is 38.5. The van der Waals surface area contributed by atoms with E-state index >= 15 is 0 Å². The zero-order valence-corrected chi connectivity index (χ0v) is 17.0. The summed E-state index contributed by atoms with van der Waals surface area (Å²) in [7, 11) is 0. The Labute approximate surface area is 182 Å². The monoisotopic (exact) mass is 435 g/mol. The molecule has 5 rings (SSSR count). The molecule has 162 valence electrons. The van der Waals surface area contributed by atoms with Crippen LogP contribution in [0.4, 0.5) is 14.5 Å². The van der Waals surface area contributed by atoms with Crippen LogP contribution in [0.25, 0.3) is 10.8 Å². The van der Waals surface area contributed by atoms with E-state index in [1.54, 1.807) is 24.3 Å². The SMILES string of the molecule is O=C1CCC(N2C(=O)c3ccc(CNCc4c(F)cccc4F)c4cccc2c34)C(=O)N1. The Hall–Kier alpha value is -3.65. The number of amides is 3. The van der Waals surface area contributed by atoms with Crippen molar-refractivity contribution in [3.8, 4) is 0 Å². The van der Waals surface area contributed by atoms with Crippen molar-refractivity contribution in [1.82, 2.24) is 10.6 Å². The number of carbonyl (C=O) groups is 3. The van der Waals surface area contributed by atoms with Gasteiger partial charge < -0.3 is 5.32 Å². The number of piperidine rings is 1. The first-order chi connectivity index (χ1) is 15.5. The van der Waals surface area contributed by atoms with Gasteiger partial charge in [0.2, 0.25) is 11.8 Å². The molecule has 1 atom stereocenters. The summed E-state index contributed by atoms with van der Waals surface area (Å²) in [6, 6.07) is 12.0. The highest BCUT2D eigenvalue weighted by molar-refractivity contribution is 6.27. The number of anilines is 1. The molecule has 0 spiro atoms. The van der Waals surface area contributed by atoms with Gasteiger partial charge in [0.25, 0.3) is 5.91 Å². The third kappa shape index (κ3) is 3.23. The minimum absolute atomic E-state index is 0.0166. The van der Waals surface area contributed by atoms with Crippen LogP contribution in [0.5, 0.6) is 0 Å². The Balaban J connectivity index is 1.45. The first-order valence-electron chi connectivity index (χ1n) is 10.3. The Morgan fingerprint density at radius 2 is 1.72 bits per heavy atom. The molecule has 8 heteroatoms. The van der Waals surface area contributed by atoms with Gasteiger partial charge in [0, 0.05) is 36.0 Å². The Morgan fingerprint density at radius 1 is 0.969 bits per heavy atom. The summed E-state index contributed by atoms with van der Waals surface area (Å²) in [5.74, 6) is -2.31. The molecule has 2 aliphatic rings. The summed E-state index contributed by atoms with van der Waals surface area (Å²) in [5, 5.41) is 6.93. The van der Waals surface area contributed by atoms with E-state index in [0.29, 0.717) is 17.8 Å². The van der Waals surface area contributed by atoms with Gasteiger partial charge in [0.15, 0.2) is 0 Å². The normalized spacial score (nSPS) is 17.9. The summed E-state index contributed by atoms with van der Waals surface area (Å²) < 4.78 is 27.8. The number of hydrogen-bond acceptors (Lipinski definition) is 4. The smallest absolute Gasteiger partial charge is 0.259 e. The molecule has 1 saturated heterocycles. The van der Waals surface area contributed by atoms with Crippen molar-refractivity contribution >= 4 is 34.2 Å². The van der Waals surface area contributed by atoms with E-state index in [-0.39, 0.29) is 36.8 Å². The predicted octanol–water partition coefficient (Wildman–Crippen LogP) is 3.17. The number of imide groups is 1. The molecular weight excluding hydrogens is 416 g/mol. The van der Waals surface area contributed by atoms with Crippen LogP contribution in [0.1, 0.15) is 34.3 Å². The molecule has 2 aliphatic heterocycles. The fourth-order valence-corrected chi connectivity index (χ4v) is 4.48. The molecule has 0 bridgehead atoms. The maximum Gasteiger partial charge on any atom is 0.259 e. The molecule has 3 aromatic rings. The van der Waals surface area contributed by atoms with E-state index in [9.17, 15) is 23.2 Å². The second-order valence-electron chi connectivity index (χ2n) is 7.92. The van der Waals surface area contributed by atoms with Crippen LogP contribution in [-0.4, -0.2) is 23.8 Å². The van der Waals surface area contributed by atoms with Crippen LogP contribution in [0.2, 0.25) is 0 Å². The highest BCUT2D eigenvalue weighted by atomic mass is 19.1. The van der Waals surface area contributed by atoms with Crippen molar-refractivity contribution in [2.75, 3.05) is 4.90 Å². The van der Waals surface area contributed by atoms with E-state index in [1.165, 1.54) is 23.1 Å². The number of benzene rings is 3. The van der Waals surface area contributed by atoms with Crippen LogP contribution < -0.4 is 15.5 Å². The number of nitrogens with zero attached hydrogens (tertiary/aromatic N) is 1. The molecule has 2 heterocycles. The molecule has 0 saturated carbocycles. The van der Waals surface area contributed by atoms with Crippen molar-refractivity contribution in [2.24, 2.45) is 0 Å². The largest absolute Gasteiger partial charge is 0.308 e. The van der Waals surface area contributed by atoms with Gasteiger partial charge in [-0.2, -0.15) is 0 Å². The number of rotatable bonds is 5. The number of nitrogens with one attached hydrogen (secondary N) is 2. The van der Waals surface area contributed by atoms with Gasteiger partial charge in [0.05, 0.1) is 5.69 Å². The molecule has 1 unspecified atom stereocenters. The third-order valence-corrected chi connectivity index (χ3v) is 6.02. The highest BCUT2D eigenvalue weighted by Gasteiger charge is 2.40. The summed E-state index contributed by atoms with van der Waals surface area (Å²) >= 11 is 0. The average molecular weight is 435 g/mol. The van der Waals surface area contributed by atoms with E-state index in [4.69, 9.17) is 0 Å². The Bertz CT molecular complexity index is 1270. The number of carbonyl (C=O) groups excluding carboxylic acids is 3.